The summed E-state index contributed by atoms with van der Waals surface area (Å²) >= 11 is 0. The molecule has 2 heteroatoms. The van der Waals surface area contributed by atoms with Crippen molar-refractivity contribution in [2.75, 3.05) is 0 Å². The van der Waals surface area contributed by atoms with E-state index in [0.29, 0.717) is 11.9 Å². The van der Waals surface area contributed by atoms with Crippen molar-refractivity contribution < 1.29 is 9.59 Å². The van der Waals surface area contributed by atoms with Gasteiger partial charge in [0.2, 0.25) is 0 Å². The summed E-state index contributed by atoms with van der Waals surface area (Å²) in [6.45, 7) is 5.27. The van der Waals surface area contributed by atoms with Crippen molar-refractivity contribution >= 4 is 12.1 Å². The first-order valence-corrected chi connectivity index (χ1v) is 3.90. The number of carbonyl (C=O) groups excluding carboxylic acids is 2. The molecule has 66 valence electrons. The van der Waals surface area contributed by atoms with Crippen LogP contribution < -0.4 is 0 Å². The van der Waals surface area contributed by atoms with Crippen LogP contribution in [-0.2, 0) is 9.59 Å². The van der Waals surface area contributed by atoms with E-state index in [1.807, 2.05) is 6.92 Å². The average molecular weight is 174 g/mol. The van der Waals surface area contributed by atoms with Crippen LogP contribution >= 0.6 is 0 Å². The van der Waals surface area contributed by atoms with Gasteiger partial charge in [-0.2, -0.15) is 0 Å². The third-order valence-corrected chi connectivity index (χ3v) is 2.04. The predicted molar refractivity (Wildman–Crippen MR) is 50.1 cm³/mol. The molecule has 0 unspecified atom stereocenters. The highest BCUT2D eigenvalue weighted by atomic mass is 16.1. The predicted octanol–water partition coefficient (Wildman–Crippen LogP) is 1.60. The van der Waals surface area contributed by atoms with Gasteiger partial charge in [0, 0.05) is 11.0 Å². The Bertz CT molecular complexity index is 354. The van der Waals surface area contributed by atoms with Gasteiger partial charge < -0.3 is 0 Å². The first-order valence-electron chi connectivity index (χ1n) is 3.90. The van der Waals surface area contributed by atoms with E-state index in [1.165, 1.54) is 12.2 Å². The Labute approximate surface area is 76.9 Å². The fourth-order valence-electron chi connectivity index (χ4n) is 1.21. The number of allylic oxidation sites excluding steroid dienone is 5. The third kappa shape index (κ3) is 1.74. The zero-order chi connectivity index (χ0) is 9.90. The molecule has 0 N–H and O–H groups in total. The molecule has 1 aliphatic carbocycles. The van der Waals surface area contributed by atoms with Crippen LogP contribution in [0.5, 0.6) is 0 Å². The second-order valence-corrected chi connectivity index (χ2v) is 3.08. The van der Waals surface area contributed by atoms with E-state index in [9.17, 15) is 9.59 Å². The maximum absolute atomic E-state index is 11.0. The van der Waals surface area contributed by atoms with E-state index in [-0.39, 0.29) is 5.78 Å². The Morgan fingerprint density at radius 3 is 2.85 bits per heavy atom. The molecule has 0 amide bonds. The zero-order valence-corrected chi connectivity index (χ0v) is 7.41. The lowest BCUT2D eigenvalue weighted by Gasteiger charge is -2.23. The highest BCUT2D eigenvalue weighted by Gasteiger charge is 2.26. The number of carbonyl (C=O) groups is 2. The molecule has 0 saturated heterocycles. The molecule has 0 bridgehead atoms. The summed E-state index contributed by atoms with van der Waals surface area (Å²) in [6, 6.07) is 0. The molecule has 1 aliphatic rings. The van der Waals surface area contributed by atoms with E-state index in [4.69, 9.17) is 0 Å². The van der Waals surface area contributed by atoms with E-state index in [0.717, 1.165) is 0 Å². The molecule has 0 radical (unpaired) electrons. The van der Waals surface area contributed by atoms with Crippen LogP contribution in [0.4, 0.5) is 0 Å². The van der Waals surface area contributed by atoms with Gasteiger partial charge in [0.05, 0.1) is 0 Å². The van der Waals surface area contributed by atoms with Crippen LogP contribution in [0.3, 0.4) is 0 Å². The molecule has 0 aromatic rings. The summed E-state index contributed by atoms with van der Waals surface area (Å²) < 4.78 is 0. The lowest BCUT2D eigenvalue weighted by atomic mass is 9.79. The summed E-state index contributed by atoms with van der Waals surface area (Å²) in [7, 11) is 0. The van der Waals surface area contributed by atoms with Gasteiger partial charge in [-0.05, 0) is 25.2 Å². The van der Waals surface area contributed by atoms with Crippen LogP contribution in [0.2, 0.25) is 0 Å². The van der Waals surface area contributed by atoms with Crippen LogP contribution in [0, 0.1) is 5.41 Å². The standard InChI is InChI=1S/C11H10O2/c1-3-5-11(2)6-4-10(13)7-9(11)8-12/h4-8H,1H2,2H3/t11-/m0/s1. The molecular weight excluding hydrogens is 164 g/mol. The second-order valence-electron chi connectivity index (χ2n) is 3.08. The lowest BCUT2D eigenvalue weighted by molar-refractivity contribution is -0.111. The summed E-state index contributed by atoms with van der Waals surface area (Å²) in [4.78, 5) is 21.6. The van der Waals surface area contributed by atoms with Gasteiger partial charge in [-0.3, -0.25) is 9.59 Å². The molecule has 13 heavy (non-hydrogen) atoms. The molecule has 0 aromatic heterocycles. The van der Waals surface area contributed by atoms with Crippen molar-refractivity contribution in [1.29, 1.82) is 0 Å². The summed E-state index contributed by atoms with van der Waals surface area (Å²) in [5.41, 5.74) is 2.53. The highest BCUT2D eigenvalue weighted by Crippen LogP contribution is 2.31. The monoisotopic (exact) mass is 174 g/mol. The number of aldehydes is 1. The summed E-state index contributed by atoms with van der Waals surface area (Å²) in [5.74, 6) is -0.156. The number of rotatable bonds is 2. The van der Waals surface area contributed by atoms with Gasteiger partial charge in [0.25, 0.3) is 0 Å². The van der Waals surface area contributed by atoms with Crippen molar-refractivity contribution in [3.05, 3.63) is 42.2 Å². The van der Waals surface area contributed by atoms with Crippen LogP contribution in [-0.4, -0.2) is 12.1 Å². The van der Waals surface area contributed by atoms with Gasteiger partial charge in [-0.1, -0.05) is 12.7 Å². The van der Waals surface area contributed by atoms with Crippen molar-refractivity contribution in [3.8, 4) is 0 Å². The maximum atomic E-state index is 11.0. The fraction of sp³-hybridized carbons (Fsp3) is 0.182. The van der Waals surface area contributed by atoms with Gasteiger partial charge in [-0.15, -0.1) is 5.73 Å². The lowest BCUT2D eigenvalue weighted by Crippen LogP contribution is -2.19. The molecule has 2 nitrogen and oxygen atoms in total. The molecule has 0 aliphatic heterocycles. The molecule has 0 fully saturated rings. The minimum Gasteiger partial charge on any atom is -0.298 e. The number of hydrogen-bond donors (Lipinski definition) is 0. The molecule has 1 rings (SSSR count). The van der Waals surface area contributed by atoms with Gasteiger partial charge in [0.1, 0.15) is 6.29 Å². The quantitative estimate of drug-likeness (QED) is 0.470. The first kappa shape index (κ1) is 9.43. The molecular formula is C11H10O2. The van der Waals surface area contributed by atoms with Crippen molar-refractivity contribution in [3.63, 3.8) is 0 Å². The summed E-state index contributed by atoms with van der Waals surface area (Å²) in [6.07, 6.45) is 6.81. The summed E-state index contributed by atoms with van der Waals surface area (Å²) in [5, 5.41) is 0. The van der Waals surface area contributed by atoms with Crippen molar-refractivity contribution in [2.24, 2.45) is 5.41 Å². The van der Waals surface area contributed by atoms with Crippen LogP contribution in [0.1, 0.15) is 6.92 Å². The van der Waals surface area contributed by atoms with E-state index >= 15 is 0 Å². The largest absolute Gasteiger partial charge is 0.298 e. The molecule has 1 atom stereocenters. The van der Waals surface area contributed by atoms with Gasteiger partial charge in [-0.25, -0.2) is 0 Å². The SMILES string of the molecule is C=C=C[C@@]1(C)C=CC(=O)C=C1C=O. The van der Waals surface area contributed by atoms with Crippen molar-refractivity contribution in [2.45, 2.75) is 6.92 Å². The Morgan fingerprint density at radius 2 is 2.31 bits per heavy atom. The van der Waals surface area contributed by atoms with Gasteiger partial charge in [0.15, 0.2) is 5.78 Å². The minimum atomic E-state index is -0.530. The first-order chi connectivity index (χ1) is 6.12. The van der Waals surface area contributed by atoms with Gasteiger partial charge >= 0.3 is 0 Å². The Hall–Kier alpha value is -1.66. The van der Waals surface area contributed by atoms with Crippen molar-refractivity contribution in [1.82, 2.24) is 0 Å². The zero-order valence-electron chi connectivity index (χ0n) is 7.41. The fourth-order valence-corrected chi connectivity index (χ4v) is 1.21. The Kier molecular flexibility index (Phi) is 2.45. The Morgan fingerprint density at radius 1 is 1.62 bits per heavy atom. The maximum Gasteiger partial charge on any atom is 0.178 e. The smallest absolute Gasteiger partial charge is 0.178 e. The van der Waals surface area contributed by atoms with E-state index in [1.54, 1.807) is 12.2 Å². The van der Waals surface area contributed by atoms with E-state index in [2.05, 4.69) is 12.3 Å². The average Bonchev–Trinajstić information content (AvgIpc) is 2.10. The molecule has 0 aromatic carbocycles. The molecule has 0 spiro atoms. The molecule has 0 heterocycles. The molecule has 0 saturated carbocycles. The number of hydrogen-bond acceptors (Lipinski definition) is 2. The third-order valence-electron chi connectivity index (χ3n) is 2.04. The second kappa shape index (κ2) is 3.38. The Balaban J connectivity index is 3.19. The normalized spacial score (nSPS) is 26.2. The number of ketones is 1. The topological polar surface area (TPSA) is 34.1 Å². The van der Waals surface area contributed by atoms with E-state index < -0.39 is 5.41 Å². The van der Waals surface area contributed by atoms with Crippen LogP contribution in [0.25, 0.3) is 0 Å². The minimum absolute atomic E-state index is 0.156. The highest BCUT2D eigenvalue weighted by molar-refractivity contribution is 6.05. The van der Waals surface area contributed by atoms with Crippen LogP contribution in [0.15, 0.2) is 42.2 Å².